The number of rotatable bonds is 11. The van der Waals surface area contributed by atoms with Gasteiger partial charge in [0, 0.05) is 43.8 Å². The van der Waals surface area contributed by atoms with Gasteiger partial charge in [-0.3, -0.25) is 0 Å². The van der Waals surface area contributed by atoms with E-state index in [2.05, 4.69) is 287 Å². The Hall–Kier alpha value is -9.28. The van der Waals surface area contributed by atoms with Gasteiger partial charge in [0.2, 0.25) is 0 Å². The van der Waals surface area contributed by atoms with Gasteiger partial charge >= 0.3 is 0 Å². The summed E-state index contributed by atoms with van der Waals surface area (Å²) in [4.78, 5) is 4.75. The summed E-state index contributed by atoms with van der Waals surface area (Å²) in [5.41, 5.74) is 20.3. The highest BCUT2D eigenvalue weighted by atomic mass is 16.3. The zero-order valence-electron chi connectivity index (χ0n) is 45.0. The quantitative estimate of drug-likeness (QED) is 0.129. The Bertz CT molecular complexity index is 4210. The number of hydrogen-bond donors (Lipinski definition) is 0. The van der Waals surface area contributed by atoms with Gasteiger partial charge in [0.05, 0.1) is 34.1 Å². The number of furan rings is 1. The molecule has 0 atom stereocenters. The van der Waals surface area contributed by atoms with Gasteiger partial charge in [-0.05, 0) is 148 Å². The Morgan fingerprint density at radius 1 is 0.449 bits per heavy atom. The molecule has 0 N–H and O–H groups in total. The first-order chi connectivity index (χ1) is 38.1. The van der Waals surface area contributed by atoms with Crippen LogP contribution in [0.3, 0.4) is 0 Å². The molecule has 0 unspecified atom stereocenters. The van der Waals surface area contributed by atoms with Crippen molar-refractivity contribution < 1.29 is 4.42 Å². The number of para-hydroxylation sites is 4. The van der Waals surface area contributed by atoms with E-state index in [1.165, 1.54) is 33.4 Å². The van der Waals surface area contributed by atoms with E-state index in [0.29, 0.717) is 5.92 Å². The van der Waals surface area contributed by atoms with Crippen LogP contribution in [0.5, 0.6) is 0 Å². The summed E-state index contributed by atoms with van der Waals surface area (Å²) >= 11 is 0. The molecule has 2 aliphatic carbocycles. The predicted molar refractivity (Wildman–Crippen MR) is 329 cm³/mol. The minimum absolute atomic E-state index is 0.0506. The minimum atomic E-state index is 0.0506. The molecule has 3 nitrogen and oxygen atoms in total. The molecule has 2 aliphatic rings. The normalized spacial score (nSPS) is 13.6. The van der Waals surface area contributed by atoms with Crippen molar-refractivity contribution in [3.8, 4) is 22.3 Å². The second kappa shape index (κ2) is 20.0. The average molecular weight is 1010 g/mol. The molecule has 0 bridgehead atoms. The third kappa shape index (κ3) is 9.02. The van der Waals surface area contributed by atoms with Gasteiger partial charge < -0.3 is 14.2 Å². The fourth-order valence-electron chi connectivity index (χ4n) is 11.7. The molecule has 1 heterocycles. The van der Waals surface area contributed by atoms with Crippen molar-refractivity contribution in [1.29, 1.82) is 0 Å². The zero-order valence-corrected chi connectivity index (χ0v) is 45.0. The van der Waals surface area contributed by atoms with Crippen LogP contribution in [0.4, 0.5) is 34.1 Å². The van der Waals surface area contributed by atoms with Crippen LogP contribution in [0.1, 0.15) is 77.0 Å². The molecule has 0 amide bonds. The predicted octanol–water partition coefficient (Wildman–Crippen LogP) is 21.2. The lowest BCUT2D eigenvalue weighted by Gasteiger charge is -2.30. The van der Waals surface area contributed by atoms with Gasteiger partial charge in [-0.2, -0.15) is 0 Å². The molecule has 3 heteroatoms. The molecule has 0 saturated heterocycles. The van der Waals surface area contributed by atoms with Gasteiger partial charge in [0.15, 0.2) is 0 Å². The van der Waals surface area contributed by atoms with Crippen LogP contribution in [0.15, 0.2) is 228 Å². The first-order valence-corrected chi connectivity index (χ1v) is 27.5. The number of anilines is 6. The molecule has 0 fully saturated rings. The van der Waals surface area contributed by atoms with Gasteiger partial charge in [-0.25, -0.2) is 0 Å². The van der Waals surface area contributed by atoms with E-state index in [1.54, 1.807) is 0 Å². The number of nitrogens with zero attached hydrogens (tertiary/aromatic N) is 2. The number of allylic oxidation sites excluding steroid dienone is 8. The summed E-state index contributed by atoms with van der Waals surface area (Å²) in [5, 5.41) is 6.03. The van der Waals surface area contributed by atoms with E-state index < -0.39 is 0 Å². The second-order valence-corrected chi connectivity index (χ2v) is 22.2. The minimum Gasteiger partial charge on any atom is -0.456 e. The summed E-state index contributed by atoms with van der Waals surface area (Å²) in [5.74, 6) is 0.529. The lowest BCUT2D eigenvalue weighted by Crippen LogP contribution is -2.13. The van der Waals surface area contributed by atoms with Gasteiger partial charge in [0.25, 0.3) is 0 Å². The van der Waals surface area contributed by atoms with Gasteiger partial charge in [-0.15, -0.1) is 0 Å². The molecule has 1 aromatic heterocycles. The highest BCUT2D eigenvalue weighted by molar-refractivity contribution is 6.14. The molecule has 10 aromatic carbocycles. The van der Waals surface area contributed by atoms with Crippen LogP contribution in [-0.4, -0.2) is 0 Å². The van der Waals surface area contributed by atoms with E-state index in [-0.39, 0.29) is 5.41 Å². The largest absolute Gasteiger partial charge is 0.456 e. The van der Waals surface area contributed by atoms with Crippen molar-refractivity contribution >= 4 is 88.8 Å². The van der Waals surface area contributed by atoms with Crippen LogP contribution in [0.2, 0.25) is 0 Å². The number of fused-ring (bicyclic) bond motifs is 5. The fourth-order valence-corrected chi connectivity index (χ4v) is 11.7. The van der Waals surface area contributed by atoms with Gasteiger partial charge in [0.1, 0.15) is 11.2 Å². The van der Waals surface area contributed by atoms with E-state index in [0.717, 1.165) is 126 Å². The Labute approximate surface area is 459 Å². The summed E-state index contributed by atoms with van der Waals surface area (Å²) in [6.07, 6.45) is 15.4. The second-order valence-electron chi connectivity index (χ2n) is 22.2. The molecule has 0 aliphatic heterocycles. The Morgan fingerprint density at radius 2 is 0.923 bits per heavy atom. The zero-order chi connectivity index (χ0) is 52.9. The standard InChI is InChI=1S/C75H60N2O/c1-50(2)51-32-34-54(35-33-51)65-26-14-18-30-71(65)76(69-28-16-12-24-63(69)52-20-8-6-9-21-52)61-42-38-56-46-67-68-47-57-39-43-62(45-59(57)49-74(68)78-73(67)48-58(56)44-61)77(70-29-17-13-25-64(70)53-22-10-7-11-23-53)72-31-19-15-27-66(72)55-36-40-60(41-37-55)75(3,4)5/h6-10,12-22,24-32,34,36-37,40-41,44-50H,11,23,33,35H2,1-5H3. The monoisotopic (exact) mass is 1000 g/mol. The first kappa shape index (κ1) is 48.4. The van der Waals surface area contributed by atoms with Crippen LogP contribution < -0.4 is 9.80 Å². The van der Waals surface area contributed by atoms with Gasteiger partial charge in [-0.1, -0.05) is 210 Å². The number of benzene rings is 8. The molecule has 13 rings (SSSR count). The molecular formula is C75H60N2O. The van der Waals surface area contributed by atoms with E-state index in [9.17, 15) is 0 Å². The summed E-state index contributed by atoms with van der Waals surface area (Å²) < 4.78 is 6.92. The molecule has 78 heavy (non-hydrogen) atoms. The Morgan fingerprint density at radius 3 is 1.40 bits per heavy atom. The lowest BCUT2D eigenvalue weighted by molar-refractivity contribution is 0.590. The highest BCUT2D eigenvalue weighted by Crippen LogP contribution is 2.48. The summed E-state index contributed by atoms with van der Waals surface area (Å²) in [7, 11) is 0. The highest BCUT2D eigenvalue weighted by Gasteiger charge is 2.25. The van der Waals surface area contributed by atoms with Crippen molar-refractivity contribution in [2.24, 2.45) is 5.92 Å². The molecule has 0 spiro atoms. The van der Waals surface area contributed by atoms with Crippen LogP contribution in [-0.2, 0) is 5.41 Å². The van der Waals surface area contributed by atoms with Crippen molar-refractivity contribution in [3.63, 3.8) is 0 Å². The maximum Gasteiger partial charge on any atom is 0.136 e. The third-order valence-electron chi connectivity index (χ3n) is 15.9. The van der Waals surface area contributed by atoms with Crippen molar-refractivity contribution in [1.82, 2.24) is 0 Å². The lowest BCUT2D eigenvalue weighted by atomic mass is 9.86. The van der Waals surface area contributed by atoms with Crippen LogP contribution in [0, 0.1) is 30.2 Å². The Balaban J connectivity index is 0.938. The molecule has 11 aromatic rings. The van der Waals surface area contributed by atoms with E-state index in [1.807, 2.05) is 0 Å². The SMILES string of the molecule is CC(C)C1=CC=C(c2ccccc2N(c2c#cc3cc4c(cc3c2)oc2cc3cc(N(c5ccccc5C5=CC=CCC5)c5ccccc5-c5ccc(C(C)(C)C)cc5)c#cc3cc24)c2ccccc2-c2ccccc2)CC1. The molecule has 376 valence electrons. The van der Waals surface area contributed by atoms with Crippen LogP contribution >= 0.6 is 0 Å². The number of hydrogen-bond acceptors (Lipinski definition) is 3. The van der Waals surface area contributed by atoms with Crippen LogP contribution in [0.25, 0.3) is 76.9 Å². The van der Waals surface area contributed by atoms with E-state index in [4.69, 9.17) is 4.42 Å². The maximum absolute atomic E-state index is 6.92. The van der Waals surface area contributed by atoms with Crippen molar-refractivity contribution in [2.45, 2.75) is 65.7 Å². The maximum atomic E-state index is 6.92. The smallest absolute Gasteiger partial charge is 0.136 e. The third-order valence-corrected chi connectivity index (χ3v) is 15.9. The molecular weight excluding hydrogens is 945 g/mol. The van der Waals surface area contributed by atoms with E-state index >= 15 is 0 Å². The van der Waals surface area contributed by atoms with Crippen molar-refractivity contribution in [2.75, 3.05) is 9.80 Å². The van der Waals surface area contributed by atoms with Crippen molar-refractivity contribution in [3.05, 3.63) is 265 Å². The molecule has 0 saturated carbocycles. The average Bonchev–Trinajstić information content (AvgIpc) is 3.99. The Kier molecular flexibility index (Phi) is 12.4. The first-order valence-electron chi connectivity index (χ1n) is 27.5. The summed E-state index contributed by atoms with van der Waals surface area (Å²) in [6, 6.07) is 82.8. The fraction of sp³-hybridized carbons (Fsp3) is 0.147. The topological polar surface area (TPSA) is 19.6 Å². The molecule has 0 radical (unpaired) electrons. The summed E-state index contributed by atoms with van der Waals surface area (Å²) in [6.45, 7) is 11.4.